The number of hydrogen-bond acceptors (Lipinski definition) is 2. The number of rotatable bonds is 3. The van der Waals surface area contributed by atoms with Crippen molar-refractivity contribution >= 4 is 12.4 Å². The maximum absolute atomic E-state index is 13.5. The molecule has 1 aromatic carbocycles. The van der Waals surface area contributed by atoms with Gasteiger partial charge in [0.2, 0.25) is 0 Å². The molecule has 0 spiro atoms. The Morgan fingerprint density at radius 2 is 1.88 bits per heavy atom. The molecule has 17 heavy (non-hydrogen) atoms. The topological polar surface area (TPSA) is 32.3 Å². The summed E-state index contributed by atoms with van der Waals surface area (Å²) in [6, 6.07) is 2.83. The Morgan fingerprint density at radius 1 is 1.29 bits per heavy atom. The van der Waals surface area contributed by atoms with Crippen LogP contribution in [0.2, 0.25) is 0 Å². The fourth-order valence-corrected chi connectivity index (χ4v) is 1.53. The van der Waals surface area contributed by atoms with Gasteiger partial charge in [-0.1, -0.05) is 6.07 Å². The van der Waals surface area contributed by atoms with Crippen molar-refractivity contribution in [3.05, 3.63) is 35.4 Å². The molecule has 1 aromatic rings. The van der Waals surface area contributed by atoms with Crippen molar-refractivity contribution in [1.29, 1.82) is 0 Å². The predicted octanol–water partition coefficient (Wildman–Crippen LogP) is 2.81. The Kier molecular flexibility index (Phi) is 6.02. The van der Waals surface area contributed by atoms with E-state index in [-0.39, 0.29) is 30.1 Å². The Hall–Kier alpha value is -0.710. The zero-order valence-electron chi connectivity index (χ0n) is 10.1. The van der Waals surface area contributed by atoms with Crippen LogP contribution in [-0.4, -0.2) is 17.3 Å². The number of hydrogen-bond donors (Lipinski definition) is 2. The summed E-state index contributed by atoms with van der Waals surface area (Å²) in [5.41, 5.74) is 0.0210. The molecule has 0 saturated heterocycles. The predicted molar refractivity (Wildman–Crippen MR) is 66.3 cm³/mol. The minimum Gasteiger partial charge on any atom is -0.394 e. The van der Waals surface area contributed by atoms with Crippen LogP contribution in [0.4, 0.5) is 8.78 Å². The quantitative estimate of drug-likeness (QED) is 0.881. The maximum atomic E-state index is 13.5. The number of aliphatic hydroxyl groups is 1. The van der Waals surface area contributed by atoms with E-state index in [0.29, 0.717) is 0 Å². The van der Waals surface area contributed by atoms with Crippen molar-refractivity contribution in [1.82, 2.24) is 5.32 Å². The van der Waals surface area contributed by atoms with E-state index in [1.807, 2.05) is 20.8 Å². The highest BCUT2D eigenvalue weighted by Crippen LogP contribution is 2.20. The number of aliphatic hydroxyl groups excluding tert-OH is 1. The van der Waals surface area contributed by atoms with E-state index in [4.69, 9.17) is 0 Å². The molecule has 2 nitrogen and oxygen atoms in total. The molecular weight excluding hydrogens is 248 g/mol. The third kappa shape index (κ3) is 4.98. The maximum Gasteiger partial charge on any atom is 0.130 e. The van der Waals surface area contributed by atoms with E-state index in [1.54, 1.807) is 0 Å². The van der Waals surface area contributed by atoms with Gasteiger partial charge in [0.05, 0.1) is 12.6 Å². The molecule has 0 bridgehead atoms. The smallest absolute Gasteiger partial charge is 0.130 e. The average Bonchev–Trinajstić information content (AvgIpc) is 2.13. The first-order chi connectivity index (χ1) is 7.33. The SMILES string of the molecule is CC(C)(C)N[C@H](CO)c1ccc(F)cc1F.Cl. The fraction of sp³-hybridized carbons (Fsp3) is 0.500. The zero-order chi connectivity index (χ0) is 12.3. The highest BCUT2D eigenvalue weighted by molar-refractivity contribution is 5.85. The molecule has 0 aliphatic carbocycles. The number of nitrogens with one attached hydrogen (secondary N) is 1. The normalized spacial score (nSPS) is 13.1. The Bertz CT molecular complexity index is 366. The molecule has 0 heterocycles. The molecule has 0 radical (unpaired) electrons. The van der Waals surface area contributed by atoms with Crippen molar-refractivity contribution in [2.75, 3.05) is 6.61 Å². The van der Waals surface area contributed by atoms with Crippen molar-refractivity contribution in [2.45, 2.75) is 32.4 Å². The lowest BCUT2D eigenvalue weighted by atomic mass is 10.0. The van der Waals surface area contributed by atoms with Crippen LogP contribution >= 0.6 is 12.4 Å². The first-order valence-corrected chi connectivity index (χ1v) is 5.17. The summed E-state index contributed by atoms with van der Waals surface area (Å²) in [5, 5.41) is 12.3. The monoisotopic (exact) mass is 265 g/mol. The van der Waals surface area contributed by atoms with Gasteiger partial charge < -0.3 is 10.4 Å². The van der Waals surface area contributed by atoms with Crippen LogP contribution in [0.15, 0.2) is 18.2 Å². The third-order valence-electron chi connectivity index (χ3n) is 2.13. The molecule has 0 saturated carbocycles. The fourth-order valence-electron chi connectivity index (χ4n) is 1.53. The summed E-state index contributed by atoms with van der Waals surface area (Å²) >= 11 is 0. The first kappa shape index (κ1) is 16.3. The van der Waals surface area contributed by atoms with E-state index >= 15 is 0 Å². The Labute approximate surface area is 106 Å². The first-order valence-electron chi connectivity index (χ1n) is 5.17. The van der Waals surface area contributed by atoms with Gasteiger partial charge in [-0.15, -0.1) is 12.4 Å². The summed E-state index contributed by atoms with van der Waals surface area (Å²) in [5.74, 6) is -1.26. The van der Waals surface area contributed by atoms with Gasteiger partial charge in [0.25, 0.3) is 0 Å². The number of halogens is 3. The van der Waals surface area contributed by atoms with E-state index in [1.165, 1.54) is 12.1 Å². The molecule has 98 valence electrons. The largest absolute Gasteiger partial charge is 0.394 e. The van der Waals surface area contributed by atoms with Crippen molar-refractivity contribution in [3.63, 3.8) is 0 Å². The highest BCUT2D eigenvalue weighted by atomic mass is 35.5. The van der Waals surface area contributed by atoms with Crippen molar-refractivity contribution < 1.29 is 13.9 Å². The Morgan fingerprint density at radius 3 is 2.29 bits per heavy atom. The molecule has 0 unspecified atom stereocenters. The van der Waals surface area contributed by atoms with Gasteiger partial charge in [0.15, 0.2) is 0 Å². The van der Waals surface area contributed by atoms with Gasteiger partial charge in [-0.3, -0.25) is 0 Å². The van der Waals surface area contributed by atoms with Gasteiger partial charge in [-0.2, -0.15) is 0 Å². The molecule has 0 aromatic heterocycles. The van der Waals surface area contributed by atoms with E-state index in [9.17, 15) is 13.9 Å². The Balaban J connectivity index is 0.00000256. The van der Waals surface area contributed by atoms with Crippen LogP contribution in [0.1, 0.15) is 32.4 Å². The van der Waals surface area contributed by atoms with Crippen LogP contribution in [0.5, 0.6) is 0 Å². The van der Waals surface area contributed by atoms with Gasteiger partial charge in [-0.05, 0) is 26.8 Å². The van der Waals surface area contributed by atoms with E-state index in [2.05, 4.69) is 5.32 Å². The lowest BCUT2D eigenvalue weighted by molar-refractivity contribution is 0.214. The molecular formula is C12H18ClF2NO. The van der Waals surface area contributed by atoms with Gasteiger partial charge in [-0.25, -0.2) is 8.78 Å². The van der Waals surface area contributed by atoms with Crippen molar-refractivity contribution in [3.8, 4) is 0 Å². The van der Waals surface area contributed by atoms with Gasteiger partial charge in [0, 0.05) is 17.2 Å². The van der Waals surface area contributed by atoms with Crippen LogP contribution in [-0.2, 0) is 0 Å². The summed E-state index contributed by atoms with van der Waals surface area (Å²) in [6.07, 6.45) is 0. The second-order valence-corrected chi connectivity index (χ2v) is 4.80. The van der Waals surface area contributed by atoms with E-state index in [0.717, 1.165) is 6.07 Å². The van der Waals surface area contributed by atoms with Crippen LogP contribution in [0.3, 0.4) is 0 Å². The van der Waals surface area contributed by atoms with Gasteiger partial charge in [0.1, 0.15) is 11.6 Å². The minimum atomic E-state index is -0.643. The summed E-state index contributed by atoms with van der Waals surface area (Å²) < 4.78 is 26.2. The van der Waals surface area contributed by atoms with Crippen LogP contribution < -0.4 is 5.32 Å². The lowest BCUT2D eigenvalue weighted by Gasteiger charge is -2.27. The summed E-state index contributed by atoms with van der Waals surface area (Å²) in [4.78, 5) is 0. The third-order valence-corrected chi connectivity index (χ3v) is 2.13. The molecule has 1 rings (SSSR count). The standard InChI is InChI=1S/C12H17F2NO.ClH/c1-12(2,3)15-11(7-16)9-5-4-8(13)6-10(9)14;/h4-6,11,15-16H,7H2,1-3H3;1H/t11-;/m1./s1. The summed E-state index contributed by atoms with van der Waals surface area (Å²) in [7, 11) is 0. The molecule has 0 fully saturated rings. The van der Waals surface area contributed by atoms with Crippen LogP contribution in [0.25, 0.3) is 0 Å². The minimum absolute atomic E-state index is 0. The highest BCUT2D eigenvalue weighted by Gasteiger charge is 2.20. The van der Waals surface area contributed by atoms with Gasteiger partial charge >= 0.3 is 0 Å². The van der Waals surface area contributed by atoms with Crippen molar-refractivity contribution in [2.24, 2.45) is 0 Å². The second-order valence-electron chi connectivity index (χ2n) is 4.80. The molecule has 0 amide bonds. The summed E-state index contributed by atoms with van der Waals surface area (Å²) in [6.45, 7) is 5.51. The lowest BCUT2D eigenvalue weighted by Crippen LogP contribution is -2.40. The van der Waals surface area contributed by atoms with Crippen LogP contribution in [0, 0.1) is 11.6 Å². The average molecular weight is 266 g/mol. The molecule has 1 atom stereocenters. The molecule has 2 N–H and O–H groups in total. The second kappa shape index (κ2) is 6.28. The van der Waals surface area contributed by atoms with E-state index < -0.39 is 17.7 Å². The molecule has 5 heteroatoms. The number of benzene rings is 1. The molecule has 0 aliphatic rings. The molecule has 0 aliphatic heterocycles. The zero-order valence-corrected chi connectivity index (χ0v) is 10.9.